The highest BCUT2D eigenvalue weighted by Crippen LogP contribution is 2.26. The minimum Gasteiger partial charge on any atom is -0.472 e. The Morgan fingerprint density at radius 2 is 1.79 bits per heavy atom. The molecule has 0 spiro atoms. The zero-order valence-electron chi connectivity index (χ0n) is 16.5. The highest BCUT2D eigenvalue weighted by atomic mass is 16.5. The van der Waals surface area contributed by atoms with E-state index in [0.29, 0.717) is 5.88 Å². The van der Waals surface area contributed by atoms with E-state index in [9.17, 15) is 0 Å². The van der Waals surface area contributed by atoms with E-state index < -0.39 is 0 Å². The van der Waals surface area contributed by atoms with Gasteiger partial charge in [0.1, 0.15) is 6.10 Å². The van der Waals surface area contributed by atoms with Crippen LogP contribution >= 0.6 is 0 Å². The van der Waals surface area contributed by atoms with Crippen LogP contribution in [-0.4, -0.2) is 45.2 Å². The first-order valence-electron chi connectivity index (χ1n) is 10.2. The summed E-state index contributed by atoms with van der Waals surface area (Å²) >= 11 is 0. The molecule has 29 heavy (non-hydrogen) atoms. The lowest BCUT2D eigenvalue weighted by Gasteiger charge is -2.14. The van der Waals surface area contributed by atoms with E-state index in [4.69, 9.17) is 9.72 Å². The second-order valence-electron chi connectivity index (χ2n) is 7.47. The van der Waals surface area contributed by atoms with Crippen molar-refractivity contribution in [1.82, 2.24) is 19.5 Å². The van der Waals surface area contributed by atoms with Crippen LogP contribution < -0.4 is 4.74 Å². The molecule has 5 heteroatoms. The first kappa shape index (κ1) is 17.9. The van der Waals surface area contributed by atoms with Gasteiger partial charge < -0.3 is 4.74 Å². The van der Waals surface area contributed by atoms with Gasteiger partial charge in [-0.25, -0.2) is 9.50 Å². The predicted octanol–water partition coefficient (Wildman–Crippen LogP) is 4.54. The van der Waals surface area contributed by atoms with E-state index in [-0.39, 0.29) is 6.10 Å². The van der Waals surface area contributed by atoms with Crippen LogP contribution in [0.15, 0.2) is 72.9 Å². The first-order chi connectivity index (χ1) is 14.3. The fourth-order valence-corrected chi connectivity index (χ4v) is 3.91. The molecular weight excluding hydrogens is 360 g/mol. The van der Waals surface area contributed by atoms with E-state index in [0.717, 1.165) is 43.0 Å². The van der Waals surface area contributed by atoms with Crippen molar-refractivity contribution in [1.29, 1.82) is 0 Å². The summed E-state index contributed by atoms with van der Waals surface area (Å²) in [7, 11) is 0. The van der Waals surface area contributed by atoms with Crippen LogP contribution in [0.25, 0.3) is 28.0 Å². The van der Waals surface area contributed by atoms with Crippen LogP contribution in [0.4, 0.5) is 0 Å². The van der Waals surface area contributed by atoms with Crippen molar-refractivity contribution in [3.63, 3.8) is 0 Å². The van der Waals surface area contributed by atoms with Crippen LogP contribution in [0.5, 0.6) is 5.88 Å². The Morgan fingerprint density at radius 1 is 0.966 bits per heavy atom. The fraction of sp³-hybridized carbons (Fsp3) is 0.250. The van der Waals surface area contributed by atoms with Crippen LogP contribution in [0.1, 0.15) is 13.3 Å². The lowest BCUT2D eigenvalue weighted by Crippen LogP contribution is -2.24. The Kier molecular flexibility index (Phi) is 4.74. The second kappa shape index (κ2) is 7.68. The van der Waals surface area contributed by atoms with Crippen molar-refractivity contribution in [2.75, 3.05) is 19.6 Å². The van der Waals surface area contributed by atoms with Crippen molar-refractivity contribution < 1.29 is 4.74 Å². The molecule has 1 aliphatic heterocycles. The molecule has 1 aliphatic rings. The third-order valence-electron chi connectivity index (χ3n) is 5.52. The minimum atomic E-state index is 0.213. The molecule has 1 unspecified atom stereocenters. The van der Waals surface area contributed by atoms with Gasteiger partial charge in [0.15, 0.2) is 5.65 Å². The summed E-state index contributed by atoms with van der Waals surface area (Å²) in [6.07, 6.45) is 3.24. The molecule has 0 saturated carbocycles. The van der Waals surface area contributed by atoms with Gasteiger partial charge in [-0.05, 0) is 36.2 Å². The summed E-state index contributed by atoms with van der Waals surface area (Å²) in [6, 6.07) is 22.7. The largest absolute Gasteiger partial charge is 0.472 e. The number of benzene rings is 2. The van der Waals surface area contributed by atoms with Gasteiger partial charge in [-0.2, -0.15) is 0 Å². The van der Waals surface area contributed by atoms with E-state index in [2.05, 4.69) is 65.5 Å². The van der Waals surface area contributed by atoms with E-state index >= 15 is 0 Å². The molecule has 1 saturated heterocycles. The van der Waals surface area contributed by atoms with Gasteiger partial charge in [0, 0.05) is 24.7 Å². The SMILES string of the molecule is CCN1CCC(Oc2ccc3nc(-c4cccc(-c5ccccc5)c4)cn3n2)C1. The molecule has 1 fully saturated rings. The summed E-state index contributed by atoms with van der Waals surface area (Å²) in [5, 5.41) is 4.63. The standard InChI is InChI=1S/C24H24N4O/c1-2-27-14-13-21(16-27)29-24-12-11-23-25-22(17-28(23)26-24)20-10-6-9-19(15-20)18-7-4-3-5-8-18/h3-12,15,17,21H,2,13-14,16H2,1H3. The van der Waals surface area contributed by atoms with Crippen LogP contribution in [0, 0.1) is 0 Å². The summed E-state index contributed by atoms with van der Waals surface area (Å²) in [5.74, 6) is 0.655. The number of hydrogen-bond acceptors (Lipinski definition) is 4. The molecule has 4 aromatic rings. The molecule has 0 bridgehead atoms. The van der Waals surface area contributed by atoms with Crippen molar-refractivity contribution >= 4 is 5.65 Å². The summed E-state index contributed by atoms with van der Waals surface area (Å²) in [5.41, 5.74) is 5.18. The van der Waals surface area contributed by atoms with E-state index in [1.165, 1.54) is 11.1 Å². The van der Waals surface area contributed by atoms with Gasteiger partial charge in [0.25, 0.3) is 0 Å². The Hall–Kier alpha value is -3.18. The highest BCUT2D eigenvalue weighted by molar-refractivity contribution is 5.72. The molecule has 0 amide bonds. The maximum Gasteiger partial charge on any atom is 0.232 e. The molecule has 2 aromatic heterocycles. The van der Waals surface area contributed by atoms with Gasteiger partial charge in [0.2, 0.25) is 5.88 Å². The Balaban J connectivity index is 1.40. The number of rotatable bonds is 5. The highest BCUT2D eigenvalue weighted by Gasteiger charge is 2.23. The maximum atomic E-state index is 6.11. The molecule has 1 atom stereocenters. The third-order valence-corrected chi connectivity index (χ3v) is 5.52. The van der Waals surface area contributed by atoms with Crippen molar-refractivity contribution in [3.8, 4) is 28.3 Å². The van der Waals surface area contributed by atoms with E-state index in [1.54, 1.807) is 0 Å². The molecule has 2 aromatic carbocycles. The van der Waals surface area contributed by atoms with Gasteiger partial charge in [-0.15, -0.1) is 5.10 Å². The minimum absolute atomic E-state index is 0.213. The smallest absolute Gasteiger partial charge is 0.232 e. The summed E-state index contributed by atoms with van der Waals surface area (Å²) in [6.45, 7) is 5.32. The average Bonchev–Trinajstić information content (AvgIpc) is 3.41. The van der Waals surface area contributed by atoms with Crippen LogP contribution in [-0.2, 0) is 0 Å². The van der Waals surface area contributed by atoms with Crippen LogP contribution in [0.2, 0.25) is 0 Å². The fourth-order valence-electron chi connectivity index (χ4n) is 3.91. The zero-order valence-corrected chi connectivity index (χ0v) is 16.5. The van der Waals surface area contributed by atoms with Gasteiger partial charge in [-0.1, -0.05) is 55.5 Å². The van der Waals surface area contributed by atoms with Gasteiger partial charge in [-0.3, -0.25) is 4.90 Å². The van der Waals surface area contributed by atoms with Crippen molar-refractivity contribution in [2.24, 2.45) is 0 Å². The Labute approximate surface area is 170 Å². The molecule has 0 radical (unpaired) electrons. The Morgan fingerprint density at radius 3 is 2.62 bits per heavy atom. The lowest BCUT2D eigenvalue weighted by molar-refractivity contribution is 0.192. The Bertz CT molecular complexity index is 1120. The quantitative estimate of drug-likeness (QED) is 0.507. The average molecular weight is 384 g/mol. The lowest BCUT2D eigenvalue weighted by atomic mass is 10.0. The number of hydrogen-bond donors (Lipinski definition) is 0. The predicted molar refractivity (Wildman–Crippen MR) is 115 cm³/mol. The molecule has 0 N–H and O–H groups in total. The van der Waals surface area contributed by atoms with Gasteiger partial charge >= 0.3 is 0 Å². The summed E-state index contributed by atoms with van der Waals surface area (Å²) < 4.78 is 7.92. The maximum absolute atomic E-state index is 6.11. The molecule has 0 aliphatic carbocycles. The first-order valence-corrected chi connectivity index (χ1v) is 10.2. The topological polar surface area (TPSA) is 42.7 Å². The molecule has 3 heterocycles. The number of imidazole rings is 1. The molecule has 146 valence electrons. The number of nitrogens with zero attached hydrogens (tertiary/aromatic N) is 4. The zero-order chi connectivity index (χ0) is 19.6. The third kappa shape index (κ3) is 3.74. The summed E-state index contributed by atoms with van der Waals surface area (Å²) in [4.78, 5) is 7.15. The van der Waals surface area contributed by atoms with Gasteiger partial charge in [0.05, 0.1) is 11.9 Å². The number of ether oxygens (including phenoxy) is 1. The number of likely N-dealkylation sites (tertiary alicyclic amines) is 1. The van der Waals surface area contributed by atoms with Crippen LogP contribution in [0.3, 0.4) is 0 Å². The monoisotopic (exact) mass is 384 g/mol. The number of likely N-dealkylation sites (N-methyl/N-ethyl adjacent to an activating group) is 1. The number of fused-ring (bicyclic) bond motifs is 1. The van der Waals surface area contributed by atoms with E-state index in [1.807, 2.05) is 28.9 Å². The number of aromatic nitrogens is 3. The molecule has 5 nitrogen and oxygen atoms in total. The molecule has 5 rings (SSSR count). The molecular formula is C24H24N4O. The van der Waals surface area contributed by atoms with Crippen molar-refractivity contribution in [3.05, 3.63) is 72.9 Å². The second-order valence-corrected chi connectivity index (χ2v) is 7.47. The normalized spacial score (nSPS) is 17.1. The van der Waals surface area contributed by atoms with Crippen molar-refractivity contribution in [2.45, 2.75) is 19.4 Å².